The Balaban J connectivity index is 1.64. The molecule has 0 bridgehead atoms. The van der Waals surface area contributed by atoms with Crippen LogP contribution in [-0.2, 0) is 9.53 Å². The summed E-state index contributed by atoms with van der Waals surface area (Å²) in [5.41, 5.74) is 1.41. The standard InChI is InChI=1S/C20H15N3O4/c1-13-18(23-19(27-13)14-7-3-2-4-8-14)20(25)26-12-17(24)22-16-10-6-5-9-15(16)11-21/h2-10H,12H2,1H3,(H,22,24). The minimum Gasteiger partial charge on any atom is -0.451 e. The van der Waals surface area contributed by atoms with Gasteiger partial charge in [0.2, 0.25) is 5.89 Å². The van der Waals surface area contributed by atoms with Crippen LogP contribution in [0.15, 0.2) is 59.0 Å². The number of para-hydroxylation sites is 1. The molecule has 7 nitrogen and oxygen atoms in total. The zero-order valence-electron chi connectivity index (χ0n) is 14.4. The van der Waals surface area contributed by atoms with Crippen LogP contribution in [0.4, 0.5) is 5.69 Å². The molecule has 0 aliphatic heterocycles. The number of oxazole rings is 1. The number of amides is 1. The molecular weight excluding hydrogens is 346 g/mol. The quantitative estimate of drug-likeness (QED) is 0.699. The highest BCUT2D eigenvalue weighted by atomic mass is 16.5. The number of hydrogen-bond acceptors (Lipinski definition) is 6. The predicted octanol–water partition coefficient (Wildman–Crippen LogP) is 3.32. The van der Waals surface area contributed by atoms with Crippen LogP contribution in [-0.4, -0.2) is 23.5 Å². The predicted molar refractivity (Wildman–Crippen MR) is 96.7 cm³/mol. The molecule has 0 aliphatic rings. The smallest absolute Gasteiger partial charge is 0.361 e. The third-order valence-corrected chi connectivity index (χ3v) is 3.67. The molecule has 27 heavy (non-hydrogen) atoms. The van der Waals surface area contributed by atoms with Crippen LogP contribution >= 0.6 is 0 Å². The van der Waals surface area contributed by atoms with E-state index in [1.54, 1.807) is 43.3 Å². The molecule has 0 unspecified atom stereocenters. The van der Waals surface area contributed by atoms with E-state index in [2.05, 4.69) is 10.3 Å². The van der Waals surface area contributed by atoms with Gasteiger partial charge in [0, 0.05) is 5.56 Å². The molecule has 0 saturated heterocycles. The summed E-state index contributed by atoms with van der Waals surface area (Å²) < 4.78 is 10.5. The zero-order chi connectivity index (χ0) is 19.2. The molecule has 0 spiro atoms. The van der Waals surface area contributed by atoms with Crippen molar-refractivity contribution in [1.29, 1.82) is 5.26 Å². The van der Waals surface area contributed by atoms with Crippen molar-refractivity contribution in [3.8, 4) is 17.5 Å². The third kappa shape index (κ3) is 4.19. The van der Waals surface area contributed by atoms with Crippen molar-refractivity contribution in [3.05, 3.63) is 71.6 Å². The van der Waals surface area contributed by atoms with E-state index in [9.17, 15) is 9.59 Å². The number of esters is 1. The number of carbonyl (C=O) groups is 2. The van der Waals surface area contributed by atoms with E-state index in [0.717, 1.165) is 5.56 Å². The monoisotopic (exact) mass is 361 g/mol. The second-order valence-electron chi connectivity index (χ2n) is 5.57. The highest BCUT2D eigenvalue weighted by Crippen LogP contribution is 2.21. The Morgan fingerprint density at radius 1 is 1.15 bits per heavy atom. The topological polar surface area (TPSA) is 105 Å². The SMILES string of the molecule is Cc1oc(-c2ccccc2)nc1C(=O)OCC(=O)Nc1ccccc1C#N. The van der Waals surface area contributed by atoms with Gasteiger partial charge in [0.25, 0.3) is 5.91 Å². The largest absolute Gasteiger partial charge is 0.451 e. The van der Waals surface area contributed by atoms with Gasteiger partial charge in [-0.3, -0.25) is 4.79 Å². The Morgan fingerprint density at radius 3 is 2.59 bits per heavy atom. The van der Waals surface area contributed by atoms with Crippen LogP contribution in [0.2, 0.25) is 0 Å². The molecule has 0 saturated carbocycles. The fraction of sp³-hybridized carbons (Fsp3) is 0.100. The molecule has 1 heterocycles. The molecule has 0 fully saturated rings. The average molecular weight is 361 g/mol. The van der Waals surface area contributed by atoms with Crippen molar-refractivity contribution >= 4 is 17.6 Å². The number of nitrogens with one attached hydrogen (secondary N) is 1. The van der Waals surface area contributed by atoms with Gasteiger partial charge in [0.15, 0.2) is 12.3 Å². The molecule has 3 rings (SSSR count). The molecule has 0 aliphatic carbocycles. The minimum atomic E-state index is -0.762. The van der Waals surface area contributed by atoms with E-state index in [4.69, 9.17) is 14.4 Å². The number of aryl methyl sites for hydroxylation is 1. The van der Waals surface area contributed by atoms with Gasteiger partial charge in [-0.05, 0) is 31.2 Å². The molecule has 2 aromatic carbocycles. The molecule has 1 aromatic heterocycles. The Bertz CT molecular complexity index is 1020. The zero-order valence-corrected chi connectivity index (χ0v) is 14.4. The maximum atomic E-state index is 12.2. The molecule has 0 radical (unpaired) electrons. The molecule has 0 atom stereocenters. The summed E-state index contributed by atoms with van der Waals surface area (Å²) in [4.78, 5) is 28.4. The fourth-order valence-corrected chi connectivity index (χ4v) is 2.37. The molecular formula is C20H15N3O4. The van der Waals surface area contributed by atoms with Crippen LogP contribution in [0.5, 0.6) is 0 Å². The van der Waals surface area contributed by atoms with E-state index in [1.807, 2.05) is 24.3 Å². The van der Waals surface area contributed by atoms with Crippen molar-refractivity contribution in [2.45, 2.75) is 6.92 Å². The summed E-state index contributed by atoms with van der Waals surface area (Å²) in [6.07, 6.45) is 0. The maximum absolute atomic E-state index is 12.2. The Hall–Kier alpha value is -3.92. The lowest BCUT2D eigenvalue weighted by Gasteiger charge is -2.07. The van der Waals surface area contributed by atoms with Gasteiger partial charge in [-0.25, -0.2) is 9.78 Å². The summed E-state index contributed by atoms with van der Waals surface area (Å²) in [6.45, 7) is 1.09. The van der Waals surface area contributed by atoms with E-state index in [1.165, 1.54) is 0 Å². The van der Waals surface area contributed by atoms with Crippen molar-refractivity contribution in [1.82, 2.24) is 4.98 Å². The number of carbonyl (C=O) groups excluding carboxylic acids is 2. The maximum Gasteiger partial charge on any atom is 0.361 e. The van der Waals surface area contributed by atoms with Gasteiger partial charge in [-0.1, -0.05) is 30.3 Å². The van der Waals surface area contributed by atoms with E-state index in [-0.39, 0.29) is 5.69 Å². The first-order chi connectivity index (χ1) is 13.1. The first-order valence-electron chi connectivity index (χ1n) is 8.07. The Morgan fingerprint density at radius 2 is 1.85 bits per heavy atom. The average Bonchev–Trinajstić information content (AvgIpc) is 3.09. The van der Waals surface area contributed by atoms with Crippen LogP contribution < -0.4 is 5.32 Å². The number of hydrogen-bond donors (Lipinski definition) is 1. The highest BCUT2D eigenvalue weighted by Gasteiger charge is 2.20. The first-order valence-corrected chi connectivity index (χ1v) is 8.07. The summed E-state index contributed by atoms with van der Waals surface area (Å²) in [5.74, 6) is -0.723. The summed E-state index contributed by atoms with van der Waals surface area (Å²) in [5, 5.41) is 11.6. The summed E-state index contributed by atoms with van der Waals surface area (Å²) >= 11 is 0. The second kappa shape index (κ2) is 7.97. The lowest BCUT2D eigenvalue weighted by molar-refractivity contribution is -0.119. The van der Waals surface area contributed by atoms with Gasteiger partial charge in [-0.2, -0.15) is 5.26 Å². The van der Waals surface area contributed by atoms with Gasteiger partial charge < -0.3 is 14.5 Å². The number of aromatic nitrogens is 1. The van der Waals surface area contributed by atoms with E-state index >= 15 is 0 Å². The second-order valence-corrected chi connectivity index (χ2v) is 5.57. The summed E-state index contributed by atoms with van der Waals surface area (Å²) in [6, 6.07) is 17.6. The number of nitrogens with zero attached hydrogens (tertiary/aromatic N) is 2. The Kier molecular flexibility index (Phi) is 5.28. The number of benzene rings is 2. The van der Waals surface area contributed by atoms with Crippen molar-refractivity contribution < 1.29 is 18.7 Å². The fourth-order valence-electron chi connectivity index (χ4n) is 2.37. The number of anilines is 1. The van der Waals surface area contributed by atoms with Crippen LogP contribution in [0.3, 0.4) is 0 Å². The van der Waals surface area contributed by atoms with Gasteiger partial charge in [0.1, 0.15) is 11.8 Å². The van der Waals surface area contributed by atoms with Crippen LogP contribution in [0, 0.1) is 18.3 Å². The van der Waals surface area contributed by atoms with Gasteiger partial charge in [0.05, 0.1) is 11.3 Å². The molecule has 1 amide bonds. The van der Waals surface area contributed by atoms with Gasteiger partial charge >= 0.3 is 5.97 Å². The number of ether oxygens (including phenoxy) is 1. The number of rotatable bonds is 5. The van der Waals surface area contributed by atoms with Gasteiger partial charge in [-0.15, -0.1) is 0 Å². The summed E-state index contributed by atoms with van der Waals surface area (Å²) in [7, 11) is 0. The minimum absolute atomic E-state index is 0.0130. The third-order valence-electron chi connectivity index (χ3n) is 3.67. The van der Waals surface area contributed by atoms with Crippen molar-refractivity contribution in [3.63, 3.8) is 0 Å². The molecule has 134 valence electrons. The van der Waals surface area contributed by atoms with Crippen LogP contribution in [0.1, 0.15) is 21.8 Å². The molecule has 1 N–H and O–H groups in total. The lowest BCUT2D eigenvalue weighted by Crippen LogP contribution is -2.21. The van der Waals surface area contributed by atoms with Crippen molar-refractivity contribution in [2.75, 3.05) is 11.9 Å². The lowest BCUT2D eigenvalue weighted by atomic mass is 10.2. The normalized spacial score (nSPS) is 10.1. The Labute approximate surface area is 155 Å². The van der Waals surface area contributed by atoms with Crippen molar-refractivity contribution in [2.24, 2.45) is 0 Å². The van der Waals surface area contributed by atoms with E-state index in [0.29, 0.717) is 22.9 Å². The molecule has 3 aromatic rings. The first kappa shape index (κ1) is 17.9. The highest BCUT2D eigenvalue weighted by molar-refractivity contribution is 5.96. The van der Waals surface area contributed by atoms with Crippen LogP contribution in [0.25, 0.3) is 11.5 Å². The number of nitriles is 1. The van der Waals surface area contributed by atoms with E-state index < -0.39 is 18.5 Å². The molecule has 7 heteroatoms.